The Labute approximate surface area is 249 Å². The summed E-state index contributed by atoms with van der Waals surface area (Å²) in [5, 5.41) is 13.6. The van der Waals surface area contributed by atoms with Crippen LogP contribution < -0.4 is 10.1 Å². The minimum Gasteiger partial charge on any atom is -0.508 e. The number of allylic oxidation sites excluding steroid dienone is 9. The lowest BCUT2D eigenvalue weighted by Crippen LogP contribution is -2.44. The van der Waals surface area contributed by atoms with Crippen molar-refractivity contribution >= 4 is 27.0 Å². The van der Waals surface area contributed by atoms with Gasteiger partial charge in [-0.1, -0.05) is 40.5 Å². The van der Waals surface area contributed by atoms with E-state index in [1.54, 1.807) is 6.07 Å². The van der Waals surface area contributed by atoms with Crippen LogP contribution in [-0.2, 0) is 25.8 Å². The van der Waals surface area contributed by atoms with E-state index in [0.717, 1.165) is 24.8 Å². The van der Waals surface area contributed by atoms with E-state index in [1.807, 2.05) is 26.8 Å². The number of carbonyl (C=O) groups is 2. The van der Waals surface area contributed by atoms with Gasteiger partial charge in [0.05, 0.1) is 11.3 Å². The van der Waals surface area contributed by atoms with Crippen molar-refractivity contribution in [1.29, 1.82) is 0 Å². The maximum absolute atomic E-state index is 14.0. The van der Waals surface area contributed by atoms with Gasteiger partial charge >= 0.3 is 0 Å². The number of ketones is 2. The number of ether oxygens (including phenoxy) is 1. The summed E-state index contributed by atoms with van der Waals surface area (Å²) in [5.74, 6) is -1.21. The summed E-state index contributed by atoms with van der Waals surface area (Å²) in [6, 6.07) is 3.05. The fraction of sp³-hybridized carbons (Fsp3) is 0.412. The molecular weight excluding hydrogens is 550 g/mol. The molecule has 0 aromatic heterocycles. The second-order valence-electron chi connectivity index (χ2n) is 11.8. The van der Waals surface area contributed by atoms with Crippen LogP contribution in [0, 0.1) is 0 Å². The molecule has 0 fully saturated rings. The number of phenolic OH excluding ortho intramolecular Hbond substituents is 1. The van der Waals surface area contributed by atoms with E-state index < -0.39 is 32.4 Å². The molecule has 0 amide bonds. The summed E-state index contributed by atoms with van der Waals surface area (Å²) in [6.45, 7) is 12.2. The molecule has 4 rings (SSSR count). The second kappa shape index (κ2) is 12.7. The molecule has 3 aliphatic rings. The van der Waals surface area contributed by atoms with Crippen molar-refractivity contribution in [2.45, 2.75) is 79.8 Å². The minimum absolute atomic E-state index is 0.00471. The molecule has 224 valence electrons. The third-order valence-electron chi connectivity index (χ3n) is 7.62. The quantitative estimate of drug-likeness (QED) is 0.259. The van der Waals surface area contributed by atoms with Gasteiger partial charge in [0.1, 0.15) is 28.2 Å². The number of benzene rings is 1. The molecule has 1 aliphatic carbocycles. The molecule has 1 aromatic carbocycles. The normalized spacial score (nSPS) is 19.8. The maximum Gasteiger partial charge on any atom is 0.211 e. The van der Waals surface area contributed by atoms with E-state index in [2.05, 4.69) is 44.3 Å². The Kier molecular flexibility index (Phi) is 9.46. The first-order chi connectivity index (χ1) is 19.8. The highest BCUT2D eigenvalue weighted by Crippen LogP contribution is 2.46. The van der Waals surface area contributed by atoms with Crippen LogP contribution in [-0.4, -0.2) is 43.5 Å². The molecule has 2 heterocycles. The Balaban J connectivity index is 1.83. The van der Waals surface area contributed by atoms with Crippen LogP contribution in [0.4, 0.5) is 0 Å². The van der Waals surface area contributed by atoms with Crippen molar-refractivity contribution in [2.75, 3.05) is 12.3 Å². The predicted molar refractivity (Wildman–Crippen MR) is 167 cm³/mol. The SMILES string of the molecule is CC(C)=CCC/C(C)=C/Cc1cc(O)cc2c1O[C@@H](/C=C(\C)CCC=C(C)C)C1=C2C(=O)C2=C(C1=O)S(=O)(=O)CCN2. The third kappa shape index (κ3) is 6.70. The third-order valence-corrected chi connectivity index (χ3v) is 9.38. The standard InChI is InChI=1S/C34H41NO6S/c1-20(2)9-7-11-22(5)13-14-24-18-25(36)19-26-28-29(27(41-33(24)26)17-23(6)12-8-10-21(3)4)32(38)34-30(31(28)37)35-15-16-42(34,39)40/h9-10,13,17-19,27,35-36H,7-8,11-12,14-16H2,1-6H3/b22-13+,23-17+/t27-/m0/s1. The minimum atomic E-state index is -3.95. The van der Waals surface area contributed by atoms with Gasteiger partial charge in [-0.3, -0.25) is 9.59 Å². The summed E-state index contributed by atoms with van der Waals surface area (Å²) in [4.78, 5) is 27.4. The monoisotopic (exact) mass is 591 g/mol. The average Bonchev–Trinajstić information content (AvgIpc) is 2.89. The Bertz CT molecular complexity index is 1610. The van der Waals surface area contributed by atoms with Gasteiger partial charge in [-0.25, -0.2) is 8.42 Å². The van der Waals surface area contributed by atoms with Gasteiger partial charge in [0.25, 0.3) is 0 Å². The summed E-state index contributed by atoms with van der Waals surface area (Å²) in [7, 11) is -3.95. The molecular formula is C34H41NO6S. The number of sulfone groups is 1. The Hall–Kier alpha value is -3.65. The van der Waals surface area contributed by atoms with Gasteiger partial charge < -0.3 is 15.2 Å². The predicted octanol–water partition coefficient (Wildman–Crippen LogP) is 6.22. The highest BCUT2D eigenvalue weighted by molar-refractivity contribution is 7.96. The van der Waals surface area contributed by atoms with Crippen molar-refractivity contribution in [3.05, 3.63) is 86.0 Å². The molecule has 0 radical (unpaired) electrons. The van der Waals surface area contributed by atoms with Crippen LogP contribution >= 0.6 is 0 Å². The average molecular weight is 592 g/mol. The molecule has 2 N–H and O–H groups in total. The summed E-state index contributed by atoms with van der Waals surface area (Å²) in [5.41, 5.74) is 5.49. The zero-order valence-corrected chi connectivity index (χ0v) is 26.2. The number of hydrogen-bond acceptors (Lipinski definition) is 7. The molecule has 0 saturated carbocycles. The summed E-state index contributed by atoms with van der Waals surface area (Å²) in [6.07, 6.45) is 11.1. The zero-order valence-electron chi connectivity index (χ0n) is 25.4. The van der Waals surface area contributed by atoms with Crippen LogP contribution in [0.25, 0.3) is 5.57 Å². The van der Waals surface area contributed by atoms with Crippen LogP contribution in [0.5, 0.6) is 11.5 Å². The van der Waals surface area contributed by atoms with E-state index in [1.165, 1.54) is 22.8 Å². The lowest BCUT2D eigenvalue weighted by molar-refractivity contribution is -0.115. The number of Topliss-reactive ketones (excluding diaryl/α,β-unsaturated/α-hetero) is 2. The number of hydrogen-bond donors (Lipinski definition) is 2. The first kappa shape index (κ1) is 31.3. The highest BCUT2D eigenvalue weighted by atomic mass is 32.2. The molecule has 0 spiro atoms. The summed E-state index contributed by atoms with van der Waals surface area (Å²) < 4.78 is 32.5. The summed E-state index contributed by atoms with van der Waals surface area (Å²) >= 11 is 0. The second-order valence-corrected chi connectivity index (χ2v) is 13.9. The van der Waals surface area contributed by atoms with E-state index in [-0.39, 0.29) is 34.9 Å². The van der Waals surface area contributed by atoms with Crippen LogP contribution in [0.3, 0.4) is 0 Å². The van der Waals surface area contributed by atoms with E-state index in [4.69, 9.17) is 4.74 Å². The van der Waals surface area contributed by atoms with E-state index >= 15 is 0 Å². The van der Waals surface area contributed by atoms with Crippen molar-refractivity contribution in [3.8, 4) is 11.5 Å². The Morgan fingerprint density at radius 2 is 1.60 bits per heavy atom. The van der Waals surface area contributed by atoms with Gasteiger partial charge in [-0.2, -0.15) is 0 Å². The molecule has 2 aliphatic heterocycles. The maximum atomic E-state index is 14.0. The molecule has 8 heteroatoms. The van der Waals surface area contributed by atoms with Crippen LogP contribution in [0.15, 0.2) is 74.9 Å². The van der Waals surface area contributed by atoms with Crippen LogP contribution in [0.1, 0.15) is 78.4 Å². The number of carbonyl (C=O) groups excluding carboxylic acids is 2. The highest BCUT2D eigenvalue weighted by Gasteiger charge is 2.48. The number of aromatic hydroxyl groups is 1. The van der Waals surface area contributed by atoms with Gasteiger partial charge in [-0.15, -0.1) is 0 Å². The Morgan fingerprint density at radius 1 is 0.952 bits per heavy atom. The fourth-order valence-electron chi connectivity index (χ4n) is 5.47. The molecule has 0 unspecified atom stereocenters. The largest absolute Gasteiger partial charge is 0.508 e. The number of rotatable bonds is 9. The molecule has 1 aromatic rings. The molecule has 7 nitrogen and oxygen atoms in total. The van der Waals surface area contributed by atoms with Gasteiger partial charge in [0, 0.05) is 23.2 Å². The molecule has 1 atom stereocenters. The molecule has 0 saturated heterocycles. The van der Waals surface area contributed by atoms with Gasteiger partial charge in [0.15, 0.2) is 9.84 Å². The van der Waals surface area contributed by atoms with Crippen LogP contribution in [0.2, 0.25) is 0 Å². The first-order valence-electron chi connectivity index (χ1n) is 14.5. The number of nitrogens with one attached hydrogen (secondary N) is 1. The zero-order chi connectivity index (χ0) is 30.8. The van der Waals surface area contributed by atoms with Gasteiger partial charge in [-0.05, 0) is 91.9 Å². The number of fused-ring (bicyclic) bond motifs is 2. The van der Waals surface area contributed by atoms with Crippen molar-refractivity contribution in [2.24, 2.45) is 0 Å². The Morgan fingerprint density at radius 3 is 2.24 bits per heavy atom. The molecule has 0 bridgehead atoms. The lowest BCUT2D eigenvalue weighted by atomic mass is 9.81. The smallest absolute Gasteiger partial charge is 0.211 e. The van der Waals surface area contributed by atoms with Gasteiger partial charge in [0.2, 0.25) is 11.6 Å². The lowest BCUT2D eigenvalue weighted by Gasteiger charge is -2.35. The fourth-order valence-corrected chi connectivity index (χ4v) is 6.91. The first-order valence-corrected chi connectivity index (χ1v) is 16.1. The molecule has 42 heavy (non-hydrogen) atoms. The van der Waals surface area contributed by atoms with Crippen molar-refractivity contribution in [1.82, 2.24) is 5.32 Å². The number of phenols is 1. The van der Waals surface area contributed by atoms with Crippen molar-refractivity contribution < 1.29 is 27.9 Å². The van der Waals surface area contributed by atoms with E-state index in [9.17, 15) is 23.1 Å². The van der Waals surface area contributed by atoms with E-state index in [0.29, 0.717) is 29.7 Å². The topological polar surface area (TPSA) is 110 Å². The van der Waals surface area contributed by atoms with Crippen molar-refractivity contribution in [3.63, 3.8) is 0 Å².